The third-order valence-electron chi connectivity index (χ3n) is 2.62. The summed E-state index contributed by atoms with van der Waals surface area (Å²) in [5.41, 5.74) is 0.966. The van der Waals surface area contributed by atoms with Gasteiger partial charge in [0.05, 0.1) is 0 Å². The van der Waals surface area contributed by atoms with Gasteiger partial charge in [0.15, 0.2) is 0 Å². The van der Waals surface area contributed by atoms with Crippen molar-refractivity contribution in [3.63, 3.8) is 0 Å². The summed E-state index contributed by atoms with van der Waals surface area (Å²) in [4.78, 5) is 15.9. The lowest BCUT2D eigenvalue weighted by atomic mass is 10.2. The Morgan fingerprint density at radius 3 is 2.72 bits per heavy atom. The van der Waals surface area contributed by atoms with Gasteiger partial charge in [-0.05, 0) is 19.4 Å². The van der Waals surface area contributed by atoms with E-state index in [0.717, 1.165) is 5.56 Å². The van der Waals surface area contributed by atoms with E-state index in [1.807, 2.05) is 44.2 Å². The highest BCUT2D eigenvalue weighted by molar-refractivity contribution is 5.85. The van der Waals surface area contributed by atoms with Gasteiger partial charge in [0, 0.05) is 18.4 Å². The maximum absolute atomic E-state index is 11.9. The Bertz CT molecular complexity index is 518. The Morgan fingerprint density at radius 2 is 2.06 bits per heavy atom. The second-order valence-corrected chi connectivity index (χ2v) is 4.31. The first-order valence-electron chi connectivity index (χ1n) is 5.92. The summed E-state index contributed by atoms with van der Waals surface area (Å²) < 4.78 is 7.04. The third kappa shape index (κ3) is 2.77. The molecule has 2 rings (SSSR count). The molecule has 0 saturated heterocycles. The molecule has 4 nitrogen and oxygen atoms in total. The predicted molar refractivity (Wildman–Crippen MR) is 68.2 cm³/mol. The van der Waals surface area contributed by atoms with Gasteiger partial charge in [-0.25, -0.2) is 9.78 Å². The first kappa shape index (κ1) is 12.4. The summed E-state index contributed by atoms with van der Waals surface area (Å²) in [5, 5.41) is 0. The van der Waals surface area contributed by atoms with Crippen molar-refractivity contribution in [3.05, 3.63) is 54.1 Å². The Kier molecular flexibility index (Phi) is 3.77. The van der Waals surface area contributed by atoms with Gasteiger partial charge in [-0.15, -0.1) is 0 Å². The predicted octanol–water partition coefficient (Wildman–Crippen LogP) is 2.82. The van der Waals surface area contributed by atoms with Crippen LogP contribution in [0.1, 0.15) is 36.1 Å². The molecular weight excluding hydrogens is 228 g/mol. The second-order valence-electron chi connectivity index (χ2n) is 4.31. The normalized spacial score (nSPS) is 10.6. The van der Waals surface area contributed by atoms with Crippen molar-refractivity contribution < 1.29 is 9.53 Å². The molecule has 18 heavy (non-hydrogen) atoms. The molecule has 1 aromatic heterocycles. The number of imidazole rings is 1. The highest BCUT2D eigenvalue weighted by Crippen LogP contribution is 2.10. The molecule has 0 unspecified atom stereocenters. The zero-order valence-electron chi connectivity index (χ0n) is 10.5. The quantitative estimate of drug-likeness (QED) is 0.777. The summed E-state index contributed by atoms with van der Waals surface area (Å²) in [5.74, 6) is -0.0431. The average molecular weight is 244 g/mol. The Balaban J connectivity index is 2.02. The van der Waals surface area contributed by atoms with E-state index >= 15 is 0 Å². The number of carbonyl (C=O) groups excluding carboxylic acids is 1. The van der Waals surface area contributed by atoms with Crippen molar-refractivity contribution in [1.82, 2.24) is 9.55 Å². The van der Waals surface area contributed by atoms with Crippen LogP contribution in [0.2, 0.25) is 0 Å². The number of hydrogen-bond donors (Lipinski definition) is 0. The van der Waals surface area contributed by atoms with Gasteiger partial charge in [-0.1, -0.05) is 30.3 Å². The summed E-state index contributed by atoms with van der Waals surface area (Å²) in [7, 11) is 0. The largest absolute Gasteiger partial charge is 0.455 e. The number of nitrogens with zero attached hydrogens (tertiary/aromatic N) is 2. The van der Waals surface area contributed by atoms with Gasteiger partial charge in [0.2, 0.25) is 5.82 Å². The van der Waals surface area contributed by atoms with Crippen LogP contribution in [-0.2, 0) is 11.3 Å². The smallest absolute Gasteiger partial charge is 0.374 e. The standard InChI is InChI=1S/C14H16N2O2/c1-11(2)16-9-8-15-13(16)14(17)18-10-12-6-4-3-5-7-12/h3-9,11H,10H2,1-2H3. The zero-order chi connectivity index (χ0) is 13.0. The molecule has 0 aliphatic heterocycles. The summed E-state index contributed by atoms with van der Waals surface area (Å²) >= 11 is 0. The molecule has 94 valence electrons. The van der Waals surface area contributed by atoms with Crippen molar-refractivity contribution >= 4 is 5.97 Å². The number of ether oxygens (including phenoxy) is 1. The van der Waals surface area contributed by atoms with Crippen molar-refractivity contribution in [2.24, 2.45) is 0 Å². The van der Waals surface area contributed by atoms with Crippen LogP contribution in [0.5, 0.6) is 0 Å². The fourth-order valence-corrected chi connectivity index (χ4v) is 1.68. The van der Waals surface area contributed by atoms with Gasteiger partial charge in [-0.3, -0.25) is 0 Å². The number of esters is 1. The van der Waals surface area contributed by atoms with E-state index in [1.165, 1.54) is 0 Å². The van der Waals surface area contributed by atoms with Gasteiger partial charge >= 0.3 is 5.97 Å². The Labute approximate surface area is 106 Å². The Hall–Kier alpha value is -2.10. The lowest BCUT2D eigenvalue weighted by molar-refractivity contribution is 0.0450. The molecule has 4 heteroatoms. The van der Waals surface area contributed by atoms with Gasteiger partial charge in [-0.2, -0.15) is 0 Å². The minimum Gasteiger partial charge on any atom is -0.455 e. The highest BCUT2D eigenvalue weighted by Gasteiger charge is 2.15. The van der Waals surface area contributed by atoms with E-state index in [9.17, 15) is 4.79 Å². The molecule has 2 aromatic rings. The fraction of sp³-hybridized carbons (Fsp3) is 0.286. The lowest BCUT2D eigenvalue weighted by Gasteiger charge is -2.10. The Morgan fingerprint density at radius 1 is 1.33 bits per heavy atom. The topological polar surface area (TPSA) is 44.1 Å². The van der Waals surface area contributed by atoms with Crippen molar-refractivity contribution in [1.29, 1.82) is 0 Å². The van der Waals surface area contributed by atoms with Gasteiger partial charge in [0.25, 0.3) is 0 Å². The molecule has 0 fully saturated rings. The van der Waals surface area contributed by atoms with E-state index in [2.05, 4.69) is 4.98 Å². The molecule has 0 aliphatic rings. The van der Waals surface area contributed by atoms with Crippen LogP contribution in [0.3, 0.4) is 0 Å². The van der Waals surface area contributed by atoms with Gasteiger partial charge in [0.1, 0.15) is 6.61 Å². The number of hydrogen-bond acceptors (Lipinski definition) is 3. The summed E-state index contributed by atoms with van der Waals surface area (Å²) in [6.07, 6.45) is 3.39. The van der Waals surface area contributed by atoms with Crippen molar-refractivity contribution in [2.75, 3.05) is 0 Å². The average Bonchev–Trinajstić information content (AvgIpc) is 2.86. The summed E-state index contributed by atoms with van der Waals surface area (Å²) in [6, 6.07) is 9.78. The molecule has 0 saturated carbocycles. The molecule has 0 atom stereocenters. The maximum Gasteiger partial charge on any atom is 0.374 e. The molecule has 0 radical (unpaired) electrons. The van der Waals surface area contributed by atoms with Gasteiger partial charge < -0.3 is 9.30 Å². The molecule has 0 aliphatic carbocycles. The molecule has 0 amide bonds. The minimum atomic E-state index is -0.391. The van der Waals surface area contributed by atoms with E-state index in [0.29, 0.717) is 5.82 Å². The highest BCUT2D eigenvalue weighted by atomic mass is 16.5. The van der Waals surface area contributed by atoms with E-state index < -0.39 is 5.97 Å². The monoisotopic (exact) mass is 244 g/mol. The first-order chi connectivity index (χ1) is 8.68. The first-order valence-corrected chi connectivity index (χ1v) is 5.92. The van der Waals surface area contributed by atoms with Crippen molar-refractivity contribution in [2.45, 2.75) is 26.5 Å². The number of aromatic nitrogens is 2. The minimum absolute atomic E-state index is 0.187. The zero-order valence-corrected chi connectivity index (χ0v) is 10.5. The number of rotatable bonds is 4. The van der Waals surface area contributed by atoms with Crippen LogP contribution in [0, 0.1) is 0 Å². The van der Waals surface area contributed by atoms with E-state index in [4.69, 9.17) is 4.74 Å². The number of carbonyl (C=O) groups is 1. The van der Waals surface area contributed by atoms with Crippen LogP contribution in [-0.4, -0.2) is 15.5 Å². The SMILES string of the molecule is CC(C)n1ccnc1C(=O)OCc1ccccc1. The second kappa shape index (κ2) is 5.49. The molecule has 0 spiro atoms. The molecule has 0 bridgehead atoms. The molecule has 1 aromatic carbocycles. The lowest BCUT2D eigenvalue weighted by Crippen LogP contribution is -2.14. The maximum atomic E-state index is 11.9. The summed E-state index contributed by atoms with van der Waals surface area (Å²) in [6.45, 7) is 4.26. The van der Waals surface area contributed by atoms with Crippen LogP contribution in [0.25, 0.3) is 0 Å². The van der Waals surface area contributed by atoms with Crippen LogP contribution in [0.4, 0.5) is 0 Å². The van der Waals surface area contributed by atoms with E-state index in [1.54, 1.807) is 17.0 Å². The van der Waals surface area contributed by atoms with Crippen LogP contribution in [0.15, 0.2) is 42.7 Å². The molecule has 0 N–H and O–H groups in total. The van der Waals surface area contributed by atoms with Crippen LogP contribution < -0.4 is 0 Å². The van der Waals surface area contributed by atoms with Crippen molar-refractivity contribution in [3.8, 4) is 0 Å². The molecule has 1 heterocycles. The fourth-order valence-electron chi connectivity index (χ4n) is 1.68. The van der Waals surface area contributed by atoms with Crippen LogP contribution >= 0.6 is 0 Å². The van der Waals surface area contributed by atoms with E-state index in [-0.39, 0.29) is 12.6 Å². The third-order valence-corrected chi connectivity index (χ3v) is 2.62. The molecular formula is C14H16N2O2. The number of benzene rings is 1.